The molecule has 1 atom stereocenters. The number of hydrogen-bond donors (Lipinski definition) is 0. The first kappa shape index (κ1) is 17.0. The van der Waals surface area contributed by atoms with E-state index in [0.717, 1.165) is 39.7 Å². The van der Waals surface area contributed by atoms with Gasteiger partial charge in [-0.05, 0) is 31.0 Å². The quantitative estimate of drug-likeness (QED) is 0.526. The standard InChI is InChI=1S/C17H22NO3.BrH/c1-10-6-15(19)21-17-11(2)16-12(8-14(10)17)7-13(20-16)9-18(3,4)5;/h6,8,13H,7,9H2,1-5H3;1H/q+1;/p-1. The predicted molar refractivity (Wildman–Crippen MR) is 83.0 cm³/mol. The van der Waals surface area contributed by atoms with E-state index in [0.29, 0.717) is 5.58 Å². The Labute approximate surface area is 141 Å². The Hall–Kier alpha value is -1.33. The maximum atomic E-state index is 11.6. The smallest absolute Gasteiger partial charge is 0.336 e. The van der Waals surface area contributed by atoms with E-state index in [2.05, 4.69) is 27.2 Å². The summed E-state index contributed by atoms with van der Waals surface area (Å²) >= 11 is 0. The molecule has 0 aliphatic carbocycles. The van der Waals surface area contributed by atoms with Crippen LogP contribution in [0.1, 0.15) is 16.7 Å². The van der Waals surface area contributed by atoms with Gasteiger partial charge in [0.1, 0.15) is 17.9 Å². The highest BCUT2D eigenvalue weighted by Gasteiger charge is 2.30. The Morgan fingerprint density at radius 3 is 2.55 bits per heavy atom. The fourth-order valence-corrected chi connectivity index (χ4v) is 3.14. The number of ether oxygens (including phenoxy) is 1. The summed E-state index contributed by atoms with van der Waals surface area (Å²) in [7, 11) is 6.50. The van der Waals surface area contributed by atoms with Gasteiger partial charge in [-0.3, -0.25) is 0 Å². The first-order valence-corrected chi connectivity index (χ1v) is 7.28. The molecule has 120 valence electrons. The molecule has 1 aliphatic heterocycles. The lowest BCUT2D eigenvalue weighted by Gasteiger charge is -2.26. The largest absolute Gasteiger partial charge is 1.00 e. The second-order valence-electron chi connectivity index (χ2n) is 7.03. The van der Waals surface area contributed by atoms with Crippen LogP contribution < -0.4 is 27.3 Å². The Bertz CT molecular complexity index is 774. The lowest BCUT2D eigenvalue weighted by molar-refractivity contribution is -0.873. The highest BCUT2D eigenvalue weighted by molar-refractivity contribution is 5.86. The van der Waals surface area contributed by atoms with Gasteiger partial charge in [0, 0.05) is 23.4 Å². The maximum Gasteiger partial charge on any atom is 0.336 e. The van der Waals surface area contributed by atoms with Crippen LogP contribution in [0.25, 0.3) is 11.0 Å². The highest BCUT2D eigenvalue weighted by atomic mass is 79.9. The Morgan fingerprint density at radius 1 is 1.23 bits per heavy atom. The monoisotopic (exact) mass is 367 g/mol. The molecule has 0 bridgehead atoms. The van der Waals surface area contributed by atoms with Gasteiger partial charge in [0.15, 0.2) is 6.10 Å². The minimum Gasteiger partial charge on any atom is -1.00 e. The first-order chi connectivity index (χ1) is 9.74. The van der Waals surface area contributed by atoms with E-state index in [1.807, 2.05) is 13.8 Å². The van der Waals surface area contributed by atoms with Crippen LogP contribution in [-0.4, -0.2) is 38.3 Å². The van der Waals surface area contributed by atoms with Crippen LogP contribution in [-0.2, 0) is 6.42 Å². The van der Waals surface area contributed by atoms with Gasteiger partial charge in [-0.25, -0.2) is 4.79 Å². The summed E-state index contributed by atoms with van der Waals surface area (Å²) in [5, 5.41) is 1.01. The van der Waals surface area contributed by atoms with Crippen molar-refractivity contribution in [2.24, 2.45) is 0 Å². The summed E-state index contributed by atoms with van der Waals surface area (Å²) in [4.78, 5) is 11.6. The van der Waals surface area contributed by atoms with Gasteiger partial charge in [0.05, 0.1) is 21.1 Å². The van der Waals surface area contributed by atoms with Gasteiger partial charge in [0.25, 0.3) is 0 Å². The fraction of sp³-hybridized carbons (Fsp3) is 0.471. The van der Waals surface area contributed by atoms with Gasteiger partial charge in [-0.15, -0.1) is 0 Å². The number of likely N-dealkylation sites (N-methyl/N-ethyl adjacent to an activating group) is 1. The third kappa shape index (κ3) is 3.06. The molecule has 0 saturated heterocycles. The highest BCUT2D eigenvalue weighted by Crippen LogP contribution is 2.38. The number of hydrogen-bond acceptors (Lipinski definition) is 3. The van der Waals surface area contributed by atoms with Crippen molar-refractivity contribution in [3.05, 3.63) is 39.2 Å². The summed E-state index contributed by atoms with van der Waals surface area (Å²) in [5.74, 6) is 0.898. The lowest BCUT2D eigenvalue weighted by Crippen LogP contribution is -3.00. The Kier molecular flexibility index (Phi) is 4.42. The molecule has 3 rings (SSSR count). The number of fused-ring (bicyclic) bond motifs is 2. The zero-order chi connectivity index (χ0) is 15.4. The summed E-state index contributed by atoms with van der Waals surface area (Å²) in [6.07, 6.45) is 1.10. The normalized spacial score (nSPS) is 17.0. The summed E-state index contributed by atoms with van der Waals surface area (Å²) in [5.41, 5.74) is 3.47. The van der Waals surface area contributed by atoms with E-state index in [-0.39, 0.29) is 28.7 Å². The van der Waals surface area contributed by atoms with Gasteiger partial charge >= 0.3 is 5.63 Å². The van der Waals surface area contributed by atoms with E-state index in [9.17, 15) is 4.79 Å². The van der Waals surface area contributed by atoms with Crippen LogP contribution >= 0.6 is 0 Å². The number of quaternary nitrogens is 1. The zero-order valence-electron chi connectivity index (χ0n) is 13.7. The lowest BCUT2D eigenvalue weighted by atomic mass is 10.0. The third-order valence-electron chi connectivity index (χ3n) is 3.98. The number of halogens is 1. The molecular weight excluding hydrogens is 346 g/mol. The summed E-state index contributed by atoms with van der Waals surface area (Å²) < 4.78 is 12.4. The van der Waals surface area contributed by atoms with E-state index in [1.165, 1.54) is 5.56 Å². The molecule has 1 aromatic carbocycles. The molecule has 2 heterocycles. The average Bonchev–Trinajstić information content (AvgIpc) is 2.71. The Morgan fingerprint density at radius 2 is 1.91 bits per heavy atom. The van der Waals surface area contributed by atoms with E-state index in [1.54, 1.807) is 6.07 Å². The van der Waals surface area contributed by atoms with Gasteiger partial charge in [-0.2, -0.15) is 0 Å². The van der Waals surface area contributed by atoms with E-state index < -0.39 is 0 Å². The van der Waals surface area contributed by atoms with Crippen LogP contribution in [0.4, 0.5) is 0 Å². The van der Waals surface area contributed by atoms with Gasteiger partial charge in [-0.1, -0.05) is 0 Å². The van der Waals surface area contributed by atoms with Crippen molar-refractivity contribution in [1.29, 1.82) is 0 Å². The third-order valence-corrected chi connectivity index (χ3v) is 3.98. The molecule has 22 heavy (non-hydrogen) atoms. The molecule has 5 heteroatoms. The summed E-state index contributed by atoms with van der Waals surface area (Å²) in [6.45, 7) is 4.87. The number of aryl methyl sites for hydroxylation is 2. The van der Waals surface area contributed by atoms with Crippen LogP contribution in [0.2, 0.25) is 0 Å². The predicted octanol–water partition coefficient (Wildman–Crippen LogP) is -0.576. The van der Waals surface area contributed by atoms with E-state index in [4.69, 9.17) is 9.15 Å². The second kappa shape index (κ2) is 5.70. The molecule has 1 aliphatic rings. The molecule has 0 N–H and O–H groups in total. The fourth-order valence-electron chi connectivity index (χ4n) is 3.14. The van der Waals surface area contributed by atoms with Crippen LogP contribution in [0.3, 0.4) is 0 Å². The van der Waals surface area contributed by atoms with Crippen molar-refractivity contribution >= 4 is 11.0 Å². The molecule has 2 aromatic rings. The minimum atomic E-state index is -0.302. The SMILES string of the molecule is Cc1cc(=O)oc2c(C)c3c(cc12)CC(C[N+](C)(C)C)O3.[Br-]. The average molecular weight is 368 g/mol. The van der Waals surface area contributed by atoms with Crippen molar-refractivity contribution in [1.82, 2.24) is 0 Å². The molecule has 0 spiro atoms. The molecule has 0 radical (unpaired) electrons. The zero-order valence-corrected chi connectivity index (χ0v) is 15.3. The van der Waals surface area contributed by atoms with Crippen molar-refractivity contribution in [3.8, 4) is 5.75 Å². The van der Waals surface area contributed by atoms with Gasteiger partial charge in [0.2, 0.25) is 0 Å². The summed E-state index contributed by atoms with van der Waals surface area (Å²) in [6, 6.07) is 3.67. The molecular formula is C17H22BrNO3. The van der Waals surface area contributed by atoms with Crippen LogP contribution in [0, 0.1) is 13.8 Å². The molecule has 0 saturated carbocycles. The molecule has 0 amide bonds. The number of nitrogens with zero attached hydrogens (tertiary/aromatic N) is 1. The first-order valence-electron chi connectivity index (χ1n) is 7.28. The van der Waals surface area contributed by atoms with Crippen molar-refractivity contribution < 1.29 is 30.6 Å². The van der Waals surface area contributed by atoms with Crippen molar-refractivity contribution in [2.75, 3.05) is 27.7 Å². The number of rotatable bonds is 2. The molecule has 1 unspecified atom stereocenters. The molecule has 0 fully saturated rings. The number of benzene rings is 1. The van der Waals surface area contributed by atoms with Crippen molar-refractivity contribution in [2.45, 2.75) is 26.4 Å². The molecule has 4 nitrogen and oxygen atoms in total. The molecule has 1 aromatic heterocycles. The second-order valence-corrected chi connectivity index (χ2v) is 7.03. The van der Waals surface area contributed by atoms with Crippen LogP contribution in [0.5, 0.6) is 5.75 Å². The topological polar surface area (TPSA) is 39.4 Å². The van der Waals surface area contributed by atoms with Crippen LogP contribution in [0.15, 0.2) is 21.3 Å². The minimum absolute atomic E-state index is 0. The maximum absolute atomic E-state index is 11.6. The van der Waals surface area contributed by atoms with Crippen molar-refractivity contribution in [3.63, 3.8) is 0 Å². The van der Waals surface area contributed by atoms with E-state index >= 15 is 0 Å². The Balaban J connectivity index is 0.00000176. The van der Waals surface area contributed by atoms with Gasteiger partial charge < -0.3 is 30.6 Å².